The van der Waals surface area contributed by atoms with Crippen LogP contribution in [0.15, 0.2) is 65.1 Å². The van der Waals surface area contributed by atoms with Gasteiger partial charge in [-0.15, -0.1) is 0 Å². The number of halogens is 1. The first-order valence-electron chi connectivity index (χ1n) is 10.3. The number of hydrogen-bond donors (Lipinski definition) is 1. The van der Waals surface area contributed by atoms with Crippen LogP contribution in [0.1, 0.15) is 21.9 Å². The Morgan fingerprint density at radius 3 is 2.58 bits per heavy atom. The van der Waals surface area contributed by atoms with Crippen LogP contribution >= 0.6 is 0 Å². The third-order valence-electron chi connectivity index (χ3n) is 5.42. The van der Waals surface area contributed by atoms with Gasteiger partial charge in [0.05, 0.1) is 13.7 Å². The zero-order valence-corrected chi connectivity index (χ0v) is 17.5. The highest BCUT2D eigenvalue weighted by atomic mass is 19.1. The Balaban J connectivity index is 1.26. The van der Waals surface area contributed by atoms with E-state index in [2.05, 4.69) is 27.2 Å². The van der Waals surface area contributed by atoms with Gasteiger partial charge in [0.15, 0.2) is 5.76 Å². The molecule has 7 heteroatoms. The van der Waals surface area contributed by atoms with E-state index >= 15 is 0 Å². The molecule has 1 fully saturated rings. The summed E-state index contributed by atoms with van der Waals surface area (Å²) < 4.78 is 24.0. The average molecular weight is 423 g/mol. The number of benzene rings is 2. The second-order valence-corrected chi connectivity index (χ2v) is 7.54. The monoisotopic (exact) mass is 423 g/mol. The molecule has 2 heterocycles. The lowest BCUT2D eigenvalue weighted by atomic mass is 10.2. The molecule has 0 saturated carbocycles. The van der Waals surface area contributed by atoms with E-state index in [4.69, 9.17) is 9.15 Å². The molecular formula is C24H26FN3O3. The normalized spacial score (nSPS) is 14.5. The van der Waals surface area contributed by atoms with Gasteiger partial charge in [-0.1, -0.05) is 18.2 Å². The molecule has 0 radical (unpaired) electrons. The first-order valence-corrected chi connectivity index (χ1v) is 10.3. The highest BCUT2D eigenvalue weighted by Gasteiger charge is 2.19. The molecule has 162 valence electrons. The van der Waals surface area contributed by atoms with Gasteiger partial charge in [0, 0.05) is 44.5 Å². The molecule has 1 aliphatic rings. The maximum Gasteiger partial charge on any atom is 0.287 e. The molecule has 3 aromatic rings. The molecule has 6 nitrogen and oxygen atoms in total. The number of hydrogen-bond acceptors (Lipinski definition) is 5. The number of piperazine rings is 1. The fraction of sp³-hybridized carbons (Fsp3) is 0.292. The van der Waals surface area contributed by atoms with E-state index in [9.17, 15) is 9.18 Å². The van der Waals surface area contributed by atoms with E-state index in [-0.39, 0.29) is 17.5 Å². The van der Waals surface area contributed by atoms with Gasteiger partial charge in [-0.05, 0) is 42.0 Å². The third-order valence-corrected chi connectivity index (χ3v) is 5.42. The van der Waals surface area contributed by atoms with Gasteiger partial charge in [0.1, 0.15) is 17.3 Å². The SMILES string of the molecule is COc1cccc(N2CCN(Cc3ccc(C(=O)NCc4ccc(F)cc4)o3)CC2)c1. The van der Waals surface area contributed by atoms with Crippen LogP contribution in [0, 0.1) is 5.82 Å². The molecule has 31 heavy (non-hydrogen) atoms. The van der Waals surface area contributed by atoms with Crippen LogP contribution in [0.2, 0.25) is 0 Å². The van der Waals surface area contributed by atoms with Crippen molar-refractivity contribution in [1.82, 2.24) is 10.2 Å². The van der Waals surface area contributed by atoms with Crippen LogP contribution in [0.3, 0.4) is 0 Å². The Morgan fingerprint density at radius 2 is 1.84 bits per heavy atom. The molecule has 1 aromatic heterocycles. The molecule has 0 bridgehead atoms. The molecule has 0 spiro atoms. The number of methoxy groups -OCH3 is 1. The molecule has 1 saturated heterocycles. The van der Waals surface area contributed by atoms with Crippen LogP contribution in [0.25, 0.3) is 0 Å². The Kier molecular flexibility index (Phi) is 6.52. The maximum absolute atomic E-state index is 13.0. The summed E-state index contributed by atoms with van der Waals surface area (Å²) in [6.07, 6.45) is 0. The van der Waals surface area contributed by atoms with E-state index in [1.54, 1.807) is 25.3 Å². The third kappa shape index (κ3) is 5.44. The van der Waals surface area contributed by atoms with Crippen LogP contribution < -0.4 is 15.0 Å². The van der Waals surface area contributed by atoms with E-state index < -0.39 is 0 Å². The Morgan fingerprint density at radius 1 is 1.06 bits per heavy atom. The number of carbonyl (C=O) groups is 1. The standard InChI is InChI=1S/C24H26FN3O3/c1-30-21-4-2-3-20(15-21)28-13-11-27(12-14-28)17-22-9-10-23(31-22)24(29)26-16-18-5-7-19(25)8-6-18/h2-10,15H,11-14,16-17H2,1H3,(H,26,29). The van der Waals surface area contributed by atoms with Gasteiger partial charge in [0.2, 0.25) is 0 Å². The predicted octanol–water partition coefficient (Wildman–Crippen LogP) is 3.68. The Bertz CT molecular complexity index is 1010. The number of nitrogens with zero attached hydrogens (tertiary/aromatic N) is 2. The number of furan rings is 1. The first-order chi connectivity index (χ1) is 15.1. The van der Waals surface area contributed by atoms with Crippen molar-refractivity contribution in [3.05, 3.63) is 83.6 Å². The van der Waals surface area contributed by atoms with Crippen LogP contribution in [-0.2, 0) is 13.1 Å². The van der Waals surface area contributed by atoms with Crippen molar-refractivity contribution >= 4 is 11.6 Å². The highest BCUT2D eigenvalue weighted by molar-refractivity contribution is 5.91. The van der Waals surface area contributed by atoms with Gasteiger partial charge < -0.3 is 19.4 Å². The van der Waals surface area contributed by atoms with Gasteiger partial charge in [-0.25, -0.2) is 4.39 Å². The molecule has 4 rings (SSSR count). The molecule has 0 aliphatic carbocycles. The number of carbonyl (C=O) groups excluding carboxylic acids is 1. The second kappa shape index (κ2) is 9.66. The predicted molar refractivity (Wildman–Crippen MR) is 117 cm³/mol. The van der Waals surface area contributed by atoms with Crippen LogP contribution in [-0.4, -0.2) is 44.1 Å². The number of anilines is 1. The van der Waals surface area contributed by atoms with Crippen molar-refractivity contribution in [3.63, 3.8) is 0 Å². The molecule has 1 amide bonds. The Hall–Kier alpha value is -3.32. The molecule has 0 atom stereocenters. The van der Waals surface area contributed by atoms with E-state index in [1.807, 2.05) is 18.2 Å². The fourth-order valence-electron chi connectivity index (χ4n) is 3.65. The maximum atomic E-state index is 13.0. The van der Waals surface area contributed by atoms with Crippen LogP contribution in [0.5, 0.6) is 5.75 Å². The Labute approximate surface area is 181 Å². The van der Waals surface area contributed by atoms with Gasteiger partial charge in [-0.3, -0.25) is 9.69 Å². The van der Waals surface area contributed by atoms with Gasteiger partial charge >= 0.3 is 0 Å². The summed E-state index contributed by atoms with van der Waals surface area (Å²) in [4.78, 5) is 17.0. The van der Waals surface area contributed by atoms with E-state index in [0.29, 0.717) is 13.1 Å². The first kappa shape index (κ1) is 20.9. The zero-order chi connectivity index (χ0) is 21.6. The number of nitrogens with one attached hydrogen (secondary N) is 1. The lowest BCUT2D eigenvalue weighted by Crippen LogP contribution is -2.45. The molecular weight excluding hydrogens is 397 g/mol. The fourth-order valence-corrected chi connectivity index (χ4v) is 3.65. The topological polar surface area (TPSA) is 58.0 Å². The summed E-state index contributed by atoms with van der Waals surface area (Å²) in [6, 6.07) is 17.7. The second-order valence-electron chi connectivity index (χ2n) is 7.54. The van der Waals surface area contributed by atoms with Gasteiger partial charge in [-0.2, -0.15) is 0 Å². The smallest absolute Gasteiger partial charge is 0.287 e. The molecule has 0 unspecified atom stereocenters. The quantitative estimate of drug-likeness (QED) is 0.628. The summed E-state index contributed by atoms with van der Waals surface area (Å²) in [5, 5.41) is 2.80. The molecule has 1 N–H and O–H groups in total. The minimum atomic E-state index is -0.296. The number of amides is 1. The van der Waals surface area contributed by atoms with E-state index in [1.165, 1.54) is 12.1 Å². The van der Waals surface area contributed by atoms with Gasteiger partial charge in [0.25, 0.3) is 5.91 Å². The van der Waals surface area contributed by atoms with Crippen molar-refractivity contribution in [1.29, 1.82) is 0 Å². The summed E-state index contributed by atoms with van der Waals surface area (Å²) in [6.45, 7) is 4.63. The van der Waals surface area contributed by atoms with Crippen molar-refractivity contribution < 1.29 is 18.3 Å². The van der Waals surface area contributed by atoms with Crippen molar-refractivity contribution in [2.24, 2.45) is 0 Å². The minimum absolute atomic E-state index is 0.279. The molecule has 1 aliphatic heterocycles. The highest BCUT2D eigenvalue weighted by Crippen LogP contribution is 2.22. The average Bonchev–Trinajstić information content (AvgIpc) is 3.27. The summed E-state index contributed by atoms with van der Waals surface area (Å²) in [5.41, 5.74) is 1.99. The summed E-state index contributed by atoms with van der Waals surface area (Å²) in [7, 11) is 1.68. The number of ether oxygens (including phenoxy) is 1. The lowest BCUT2D eigenvalue weighted by Gasteiger charge is -2.35. The molecule has 2 aromatic carbocycles. The van der Waals surface area contributed by atoms with Crippen molar-refractivity contribution in [2.75, 3.05) is 38.2 Å². The van der Waals surface area contributed by atoms with E-state index in [0.717, 1.165) is 48.9 Å². The summed E-state index contributed by atoms with van der Waals surface area (Å²) >= 11 is 0. The van der Waals surface area contributed by atoms with Crippen LogP contribution in [0.4, 0.5) is 10.1 Å². The largest absolute Gasteiger partial charge is 0.497 e. The minimum Gasteiger partial charge on any atom is -0.497 e. The van der Waals surface area contributed by atoms with Crippen molar-refractivity contribution in [2.45, 2.75) is 13.1 Å². The lowest BCUT2D eigenvalue weighted by molar-refractivity contribution is 0.0919. The zero-order valence-electron chi connectivity index (χ0n) is 17.5. The van der Waals surface area contributed by atoms with Crippen molar-refractivity contribution in [3.8, 4) is 5.75 Å². The summed E-state index contributed by atoms with van der Waals surface area (Å²) in [5.74, 6) is 1.34. The number of rotatable bonds is 7.